The number of methoxy groups -OCH3 is 1. The quantitative estimate of drug-likeness (QED) is 0.588. The highest BCUT2D eigenvalue weighted by atomic mass is 16.5. The van der Waals surface area contributed by atoms with E-state index >= 15 is 0 Å². The van der Waals surface area contributed by atoms with Crippen LogP contribution in [0.25, 0.3) is 0 Å². The molecular formula is C19H20O2. The summed E-state index contributed by atoms with van der Waals surface area (Å²) >= 11 is 0. The maximum atomic E-state index is 11.8. The second kappa shape index (κ2) is 7.44. The maximum Gasteiger partial charge on any atom is 0.313 e. The summed E-state index contributed by atoms with van der Waals surface area (Å²) in [7, 11) is 1.42. The predicted octanol–water partition coefficient (Wildman–Crippen LogP) is 4.11. The van der Waals surface area contributed by atoms with E-state index in [-0.39, 0.29) is 11.9 Å². The normalized spacial score (nSPS) is 11.7. The summed E-state index contributed by atoms with van der Waals surface area (Å²) in [6.45, 7) is 3.71. The monoisotopic (exact) mass is 280 g/mol. The van der Waals surface area contributed by atoms with Gasteiger partial charge in [0.1, 0.15) is 0 Å². The third-order valence-electron chi connectivity index (χ3n) is 3.52. The lowest BCUT2D eigenvalue weighted by molar-refractivity contribution is -0.142. The van der Waals surface area contributed by atoms with Crippen LogP contribution >= 0.6 is 0 Å². The molecule has 0 fully saturated rings. The molecule has 0 radical (unpaired) electrons. The van der Waals surface area contributed by atoms with E-state index < -0.39 is 0 Å². The Labute approximate surface area is 126 Å². The van der Waals surface area contributed by atoms with Crippen LogP contribution in [-0.4, -0.2) is 13.1 Å². The topological polar surface area (TPSA) is 26.3 Å². The van der Waals surface area contributed by atoms with Crippen molar-refractivity contribution in [3.05, 3.63) is 83.9 Å². The molecule has 21 heavy (non-hydrogen) atoms. The highest BCUT2D eigenvalue weighted by molar-refractivity contribution is 5.78. The van der Waals surface area contributed by atoms with E-state index in [2.05, 4.69) is 30.8 Å². The van der Waals surface area contributed by atoms with Gasteiger partial charge in [0.2, 0.25) is 0 Å². The Balaban J connectivity index is 2.13. The third kappa shape index (κ3) is 4.06. The first-order chi connectivity index (χ1) is 10.2. The molecular weight excluding hydrogens is 260 g/mol. The molecule has 2 aromatic rings. The molecule has 0 saturated heterocycles. The summed E-state index contributed by atoms with van der Waals surface area (Å²) in [5, 5.41) is 0. The van der Waals surface area contributed by atoms with Gasteiger partial charge in [0.05, 0.1) is 13.0 Å². The van der Waals surface area contributed by atoms with Gasteiger partial charge in [-0.25, -0.2) is 0 Å². The van der Waals surface area contributed by atoms with Gasteiger partial charge in [-0.15, -0.1) is 6.58 Å². The Bertz CT molecular complexity index is 585. The fourth-order valence-corrected chi connectivity index (χ4v) is 2.38. The number of ether oxygens (including phenoxy) is 1. The zero-order chi connectivity index (χ0) is 15.1. The van der Waals surface area contributed by atoms with E-state index in [4.69, 9.17) is 4.74 Å². The summed E-state index contributed by atoms with van der Waals surface area (Å²) in [4.78, 5) is 11.8. The van der Waals surface area contributed by atoms with Crippen LogP contribution in [0.5, 0.6) is 0 Å². The summed E-state index contributed by atoms with van der Waals surface area (Å²) in [5.41, 5.74) is 3.48. The van der Waals surface area contributed by atoms with Gasteiger partial charge >= 0.3 is 5.97 Å². The number of esters is 1. The molecule has 0 aliphatic carbocycles. The molecule has 2 nitrogen and oxygen atoms in total. The van der Waals surface area contributed by atoms with Crippen LogP contribution in [0.4, 0.5) is 0 Å². The lowest BCUT2D eigenvalue weighted by Gasteiger charge is -2.13. The first-order valence-electron chi connectivity index (χ1n) is 7.06. The largest absolute Gasteiger partial charge is 0.469 e. The second-order valence-electron chi connectivity index (χ2n) is 5.00. The Hall–Kier alpha value is -2.35. The van der Waals surface area contributed by atoms with Crippen LogP contribution in [0.15, 0.2) is 67.3 Å². The number of carbonyl (C=O) groups excluding carboxylic acids is 1. The SMILES string of the molecule is C=CCC(C(=O)OC)c1ccc(Cc2ccccc2)cc1. The minimum absolute atomic E-state index is 0.217. The average molecular weight is 280 g/mol. The lowest BCUT2D eigenvalue weighted by Crippen LogP contribution is -2.13. The number of rotatable bonds is 6. The van der Waals surface area contributed by atoms with Crippen LogP contribution in [0.2, 0.25) is 0 Å². The van der Waals surface area contributed by atoms with E-state index in [1.165, 1.54) is 18.2 Å². The van der Waals surface area contributed by atoms with E-state index in [0.717, 1.165) is 12.0 Å². The van der Waals surface area contributed by atoms with Gasteiger partial charge in [-0.05, 0) is 29.5 Å². The Kier molecular flexibility index (Phi) is 5.33. The first kappa shape index (κ1) is 15.0. The molecule has 2 heteroatoms. The molecule has 0 aliphatic rings. The van der Waals surface area contributed by atoms with Crippen molar-refractivity contribution in [2.75, 3.05) is 7.11 Å². The number of hydrogen-bond donors (Lipinski definition) is 0. The average Bonchev–Trinajstić information content (AvgIpc) is 2.54. The highest BCUT2D eigenvalue weighted by Crippen LogP contribution is 2.22. The first-order valence-corrected chi connectivity index (χ1v) is 7.06. The zero-order valence-electron chi connectivity index (χ0n) is 12.3. The van der Waals surface area contributed by atoms with Crippen LogP contribution in [0, 0.1) is 0 Å². The van der Waals surface area contributed by atoms with Crippen molar-refractivity contribution in [1.29, 1.82) is 0 Å². The molecule has 0 heterocycles. The van der Waals surface area contributed by atoms with Crippen molar-refractivity contribution >= 4 is 5.97 Å². The van der Waals surface area contributed by atoms with Crippen molar-refractivity contribution in [3.63, 3.8) is 0 Å². The van der Waals surface area contributed by atoms with Gasteiger partial charge in [0.25, 0.3) is 0 Å². The van der Waals surface area contributed by atoms with E-state index in [9.17, 15) is 4.79 Å². The van der Waals surface area contributed by atoms with Gasteiger partial charge in [-0.2, -0.15) is 0 Å². The van der Waals surface area contributed by atoms with E-state index in [1.807, 2.05) is 30.3 Å². The van der Waals surface area contributed by atoms with Crippen LogP contribution < -0.4 is 0 Å². The van der Waals surface area contributed by atoms with Crippen molar-refractivity contribution in [2.24, 2.45) is 0 Å². The van der Waals surface area contributed by atoms with E-state index in [1.54, 1.807) is 6.08 Å². The predicted molar refractivity (Wildman–Crippen MR) is 85.3 cm³/mol. The van der Waals surface area contributed by atoms with Gasteiger partial charge in [-0.1, -0.05) is 60.7 Å². The number of hydrogen-bond acceptors (Lipinski definition) is 2. The molecule has 0 aliphatic heterocycles. The molecule has 1 atom stereocenters. The molecule has 0 spiro atoms. The van der Waals surface area contributed by atoms with Crippen LogP contribution in [-0.2, 0) is 16.0 Å². The smallest absolute Gasteiger partial charge is 0.313 e. The Morgan fingerprint density at radius 1 is 1.10 bits per heavy atom. The summed E-state index contributed by atoms with van der Waals surface area (Å²) in [6.07, 6.45) is 3.23. The molecule has 2 rings (SSSR count). The molecule has 0 bridgehead atoms. The van der Waals surface area contributed by atoms with E-state index in [0.29, 0.717) is 6.42 Å². The zero-order valence-corrected chi connectivity index (χ0v) is 12.3. The van der Waals surface area contributed by atoms with Gasteiger partial charge in [0.15, 0.2) is 0 Å². The van der Waals surface area contributed by atoms with Crippen LogP contribution in [0.3, 0.4) is 0 Å². The second-order valence-corrected chi connectivity index (χ2v) is 5.00. The van der Waals surface area contributed by atoms with Crippen molar-refractivity contribution < 1.29 is 9.53 Å². The minimum atomic E-state index is -0.265. The van der Waals surface area contributed by atoms with Crippen molar-refractivity contribution in [3.8, 4) is 0 Å². The maximum absolute atomic E-state index is 11.8. The summed E-state index contributed by atoms with van der Waals surface area (Å²) in [6, 6.07) is 18.5. The van der Waals surface area contributed by atoms with Gasteiger partial charge in [-0.3, -0.25) is 4.79 Å². The Morgan fingerprint density at radius 2 is 1.71 bits per heavy atom. The minimum Gasteiger partial charge on any atom is -0.469 e. The van der Waals surface area contributed by atoms with Gasteiger partial charge < -0.3 is 4.74 Å². The summed E-state index contributed by atoms with van der Waals surface area (Å²) < 4.78 is 4.86. The molecule has 1 unspecified atom stereocenters. The lowest BCUT2D eigenvalue weighted by atomic mass is 9.94. The Morgan fingerprint density at radius 3 is 2.29 bits per heavy atom. The summed E-state index contributed by atoms with van der Waals surface area (Å²) in [5.74, 6) is -0.482. The number of benzene rings is 2. The fraction of sp³-hybridized carbons (Fsp3) is 0.211. The molecule has 2 aromatic carbocycles. The molecule has 0 amide bonds. The molecule has 0 aromatic heterocycles. The van der Waals surface area contributed by atoms with Crippen LogP contribution in [0.1, 0.15) is 29.0 Å². The highest BCUT2D eigenvalue weighted by Gasteiger charge is 2.19. The van der Waals surface area contributed by atoms with Crippen molar-refractivity contribution in [1.82, 2.24) is 0 Å². The third-order valence-corrected chi connectivity index (χ3v) is 3.52. The van der Waals surface area contributed by atoms with Crippen molar-refractivity contribution in [2.45, 2.75) is 18.8 Å². The number of carbonyl (C=O) groups is 1. The molecule has 108 valence electrons. The van der Waals surface area contributed by atoms with Gasteiger partial charge in [0, 0.05) is 0 Å². The fourth-order valence-electron chi connectivity index (χ4n) is 2.38. The molecule has 0 N–H and O–H groups in total. The standard InChI is InChI=1S/C19H20O2/c1-3-7-18(19(20)21-2)17-12-10-16(11-13-17)14-15-8-5-4-6-9-15/h3-6,8-13,18H,1,7,14H2,2H3. The molecule has 0 saturated carbocycles. The number of allylic oxidation sites excluding steroid dienone is 1.